The van der Waals surface area contributed by atoms with E-state index >= 15 is 0 Å². The molecule has 3 nitrogen and oxygen atoms in total. The SMILES string of the molecule is CC(=O)Oc1c(C)ccc2[nH]c3ccccc3c12. The Balaban J connectivity index is 2.44. The van der Waals surface area contributed by atoms with Crippen molar-refractivity contribution in [2.75, 3.05) is 0 Å². The maximum absolute atomic E-state index is 11.2. The Bertz CT molecular complexity index is 756. The summed E-state index contributed by atoms with van der Waals surface area (Å²) >= 11 is 0. The van der Waals surface area contributed by atoms with Crippen molar-refractivity contribution in [1.82, 2.24) is 4.98 Å². The number of hydrogen-bond donors (Lipinski definition) is 1. The zero-order valence-electron chi connectivity index (χ0n) is 10.3. The summed E-state index contributed by atoms with van der Waals surface area (Å²) in [5.41, 5.74) is 2.99. The first-order valence-corrected chi connectivity index (χ1v) is 5.85. The number of aromatic amines is 1. The van der Waals surface area contributed by atoms with Crippen molar-refractivity contribution in [3.05, 3.63) is 42.0 Å². The number of H-pyrrole nitrogens is 1. The van der Waals surface area contributed by atoms with Crippen LogP contribution in [0.5, 0.6) is 5.75 Å². The predicted molar refractivity (Wildman–Crippen MR) is 71.9 cm³/mol. The molecule has 0 saturated heterocycles. The van der Waals surface area contributed by atoms with Gasteiger partial charge in [-0.25, -0.2) is 0 Å². The van der Waals surface area contributed by atoms with E-state index in [1.54, 1.807) is 0 Å². The van der Waals surface area contributed by atoms with E-state index in [9.17, 15) is 4.79 Å². The molecule has 0 fully saturated rings. The lowest BCUT2D eigenvalue weighted by molar-refractivity contribution is -0.131. The van der Waals surface area contributed by atoms with Crippen molar-refractivity contribution >= 4 is 27.8 Å². The number of aryl methyl sites for hydroxylation is 1. The molecule has 0 bridgehead atoms. The highest BCUT2D eigenvalue weighted by Crippen LogP contribution is 2.35. The lowest BCUT2D eigenvalue weighted by atomic mass is 10.1. The van der Waals surface area contributed by atoms with Crippen LogP contribution in [0.25, 0.3) is 21.8 Å². The number of hydrogen-bond acceptors (Lipinski definition) is 2. The highest BCUT2D eigenvalue weighted by molar-refractivity contribution is 6.11. The van der Waals surface area contributed by atoms with Gasteiger partial charge in [0.2, 0.25) is 0 Å². The van der Waals surface area contributed by atoms with Crippen LogP contribution in [0.15, 0.2) is 36.4 Å². The molecule has 1 aromatic heterocycles. The molecule has 1 N–H and O–H groups in total. The second kappa shape index (κ2) is 3.88. The Hall–Kier alpha value is -2.29. The number of rotatable bonds is 1. The second-order valence-electron chi connectivity index (χ2n) is 4.40. The van der Waals surface area contributed by atoms with E-state index in [1.807, 2.05) is 43.3 Å². The first-order valence-electron chi connectivity index (χ1n) is 5.85. The summed E-state index contributed by atoms with van der Waals surface area (Å²) in [4.78, 5) is 14.6. The van der Waals surface area contributed by atoms with Gasteiger partial charge in [-0.2, -0.15) is 0 Å². The first-order chi connectivity index (χ1) is 8.66. The van der Waals surface area contributed by atoms with Crippen molar-refractivity contribution < 1.29 is 9.53 Å². The largest absolute Gasteiger partial charge is 0.426 e. The van der Waals surface area contributed by atoms with Crippen LogP contribution in [0.2, 0.25) is 0 Å². The van der Waals surface area contributed by atoms with Crippen LogP contribution in [0, 0.1) is 6.92 Å². The minimum Gasteiger partial charge on any atom is -0.426 e. The van der Waals surface area contributed by atoms with Gasteiger partial charge in [0.25, 0.3) is 0 Å². The molecule has 0 amide bonds. The monoisotopic (exact) mass is 239 g/mol. The van der Waals surface area contributed by atoms with Crippen molar-refractivity contribution in [3.63, 3.8) is 0 Å². The number of carbonyl (C=O) groups excluding carboxylic acids is 1. The van der Waals surface area contributed by atoms with Crippen LogP contribution < -0.4 is 4.74 Å². The van der Waals surface area contributed by atoms with Crippen molar-refractivity contribution in [2.24, 2.45) is 0 Å². The Kier molecular flexibility index (Phi) is 2.33. The van der Waals surface area contributed by atoms with Crippen molar-refractivity contribution in [1.29, 1.82) is 0 Å². The third-order valence-electron chi connectivity index (χ3n) is 3.07. The highest BCUT2D eigenvalue weighted by atomic mass is 16.5. The van der Waals surface area contributed by atoms with Gasteiger partial charge in [0.1, 0.15) is 5.75 Å². The Morgan fingerprint density at radius 2 is 1.89 bits per heavy atom. The molecular weight excluding hydrogens is 226 g/mol. The van der Waals surface area contributed by atoms with Crippen LogP contribution in [0.1, 0.15) is 12.5 Å². The number of esters is 1. The Morgan fingerprint density at radius 3 is 2.67 bits per heavy atom. The molecule has 90 valence electrons. The average Bonchev–Trinajstić information content (AvgIpc) is 2.71. The van der Waals surface area contributed by atoms with Crippen LogP contribution in [0.4, 0.5) is 0 Å². The number of nitrogens with one attached hydrogen (secondary N) is 1. The summed E-state index contributed by atoms with van der Waals surface area (Å²) in [5.74, 6) is 0.355. The minimum atomic E-state index is -0.295. The lowest BCUT2D eigenvalue weighted by Crippen LogP contribution is -2.03. The van der Waals surface area contributed by atoms with Crippen molar-refractivity contribution in [2.45, 2.75) is 13.8 Å². The molecule has 1 heterocycles. The number of para-hydroxylation sites is 1. The quantitative estimate of drug-likeness (QED) is 0.521. The molecule has 0 atom stereocenters. The smallest absolute Gasteiger partial charge is 0.308 e. The third-order valence-corrected chi connectivity index (χ3v) is 3.07. The Morgan fingerprint density at radius 1 is 1.11 bits per heavy atom. The fourth-order valence-electron chi connectivity index (χ4n) is 2.29. The van der Waals surface area contributed by atoms with Gasteiger partial charge in [0, 0.05) is 17.8 Å². The van der Waals surface area contributed by atoms with Gasteiger partial charge < -0.3 is 9.72 Å². The molecule has 0 aliphatic carbocycles. The summed E-state index contributed by atoms with van der Waals surface area (Å²) in [6, 6.07) is 12.0. The number of aromatic nitrogens is 1. The zero-order valence-corrected chi connectivity index (χ0v) is 10.3. The third kappa shape index (κ3) is 1.56. The van der Waals surface area contributed by atoms with E-state index in [-0.39, 0.29) is 5.97 Å². The molecule has 0 aliphatic rings. The van der Waals surface area contributed by atoms with E-state index in [0.29, 0.717) is 5.75 Å². The van der Waals surface area contributed by atoms with E-state index in [2.05, 4.69) is 4.98 Å². The van der Waals surface area contributed by atoms with Crippen molar-refractivity contribution in [3.8, 4) is 5.75 Å². The number of benzene rings is 2. The van der Waals surface area contributed by atoms with Crippen LogP contribution in [-0.2, 0) is 4.79 Å². The van der Waals surface area contributed by atoms with Gasteiger partial charge in [-0.05, 0) is 24.6 Å². The number of carbonyl (C=O) groups is 1. The molecular formula is C15H13NO2. The fraction of sp³-hybridized carbons (Fsp3) is 0.133. The molecule has 0 aliphatic heterocycles. The molecule has 3 heteroatoms. The zero-order chi connectivity index (χ0) is 12.7. The number of fused-ring (bicyclic) bond motifs is 3. The predicted octanol–water partition coefficient (Wildman–Crippen LogP) is 3.55. The molecule has 0 spiro atoms. The fourth-order valence-corrected chi connectivity index (χ4v) is 2.29. The Labute approximate surface area is 104 Å². The van der Waals surface area contributed by atoms with Gasteiger partial charge in [0.15, 0.2) is 0 Å². The molecule has 18 heavy (non-hydrogen) atoms. The number of ether oxygens (including phenoxy) is 1. The minimum absolute atomic E-state index is 0.295. The van der Waals surface area contributed by atoms with E-state index in [1.165, 1.54) is 6.92 Å². The van der Waals surface area contributed by atoms with Gasteiger partial charge in [0.05, 0.1) is 10.9 Å². The highest BCUT2D eigenvalue weighted by Gasteiger charge is 2.13. The van der Waals surface area contributed by atoms with Crippen LogP contribution in [-0.4, -0.2) is 11.0 Å². The van der Waals surface area contributed by atoms with E-state index < -0.39 is 0 Å². The van der Waals surface area contributed by atoms with Crippen LogP contribution >= 0.6 is 0 Å². The normalized spacial score (nSPS) is 11.0. The topological polar surface area (TPSA) is 42.1 Å². The van der Waals surface area contributed by atoms with E-state index in [0.717, 1.165) is 27.4 Å². The maximum Gasteiger partial charge on any atom is 0.308 e. The molecule has 0 unspecified atom stereocenters. The summed E-state index contributed by atoms with van der Waals surface area (Å²) in [5, 5.41) is 2.05. The second-order valence-corrected chi connectivity index (χ2v) is 4.40. The van der Waals surface area contributed by atoms with Gasteiger partial charge in [-0.15, -0.1) is 0 Å². The van der Waals surface area contributed by atoms with Gasteiger partial charge in [-0.3, -0.25) is 4.79 Å². The van der Waals surface area contributed by atoms with Crippen LogP contribution in [0.3, 0.4) is 0 Å². The summed E-state index contributed by atoms with van der Waals surface area (Å²) in [7, 11) is 0. The molecule has 3 aromatic rings. The molecule has 0 saturated carbocycles. The summed E-state index contributed by atoms with van der Waals surface area (Å²) < 4.78 is 5.37. The molecule has 3 rings (SSSR count). The standard InChI is InChI=1S/C15H13NO2/c1-9-7-8-13-14(15(9)18-10(2)17)11-5-3-4-6-12(11)16-13/h3-8,16H,1-2H3. The average molecular weight is 239 g/mol. The first kappa shape index (κ1) is 10.8. The van der Waals surface area contributed by atoms with Gasteiger partial charge in [-0.1, -0.05) is 24.3 Å². The maximum atomic E-state index is 11.2. The summed E-state index contributed by atoms with van der Waals surface area (Å²) in [6.07, 6.45) is 0. The van der Waals surface area contributed by atoms with E-state index in [4.69, 9.17) is 4.74 Å². The lowest BCUT2D eigenvalue weighted by Gasteiger charge is -2.07. The molecule has 0 radical (unpaired) electrons. The molecule has 2 aromatic carbocycles. The van der Waals surface area contributed by atoms with Gasteiger partial charge >= 0.3 is 5.97 Å². The summed E-state index contributed by atoms with van der Waals surface area (Å²) in [6.45, 7) is 3.37.